The molecule has 3 atom stereocenters. The van der Waals surface area contributed by atoms with Gasteiger partial charge in [-0.1, -0.05) is 20.8 Å². The minimum atomic E-state index is -0.0131. The van der Waals surface area contributed by atoms with Gasteiger partial charge in [0.15, 0.2) is 0 Å². The van der Waals surface area contributed by atoms with Gasteiger partial charge in [-0.2, -0.15) is 11.8 Å². The van der Waals surface area contributed by atoms with E-state index in [1.54, 1.807) is 4.90 Å². The molecule has 1 aliphatic rings. The van der Waals surface area contributed by atoms with E-state index in [2.05, 4.69) is 26.1 Å². The second-order valence-electron chi connectivity index (χ2n) is 5.66. The first-order valence-electron chi connectivity index (χ1n) is 6.49. The van der Waals surface area contributed by atoms with Crippen molar-refractivity contribution in [1.29, 1.82) is 0 Å². The van der Waals surface area contributed by atoms with Crippen molar-refractivity contribution in [1.82, 2.24) is 10.2 Å². The fourth-order valence-corrected chi connectivity index (χ4v) is 3.40. The molecule has 3 unspecified atom stereocenters. The van der Waals surface area contributed by atoms with Crippen molar-refractivity contribution in [3.8, 4) is 0 Å². The first-order chi connectivity index (χ1) is 7.90. The number of nitrogens with one attached hydrogen (secondary N) is 1. The summed E-state index contributed by atoms with van der Waals surface area (Å²) in [5.41, 5.74) is 0. The van der Waals surface area contributed by atoms with Gasteiger partial charge in [0.2, 0.25) is 5.91 Å². The Kier molecular flexibility index (Phi) is 5.80. The van der Waals surface area contributed by atoms with E-state index in [4.69, 9.17) is 0 Å². The molecule has 1 saturated heterocycles. The highest BCUT2D eigenvalue weighted by molar-refractivity contribution is 8.00. The predicted octanol–water partition coefficient (Wildman–Crippen LogP) is 1.97. The maximum absolute atomic E-state index is 12.1. The second kappa shape index (κ2) is 6.64. The lowest BCUT2D eigenvalue weighted by atomic mass is 10.0. The third-order valence-corrected chi connectivity index (χ3v) is 4.44. The number of carbonyl (C=O) groups is 1. The van der Waals surface area contributed by atoms with E-state index in [-0.39, 0.29) is 11.9 Å². The third-order valence-electron chi connectivity index (χ3n) is 3.08. The van der Waals surface area contributed by atoms with Crippen molar-refractivity contribution >= 4 is 17.7 Å². The Morgan fingerprint density at radius 1 is 1.47 bits per heavy atom. The van der Waals surface area contributed by atoms with Gasteiger partial charge in [0.05, 0.1) is 6.04 Å². The fraction of sp³-hybridized carbons (Fsp3) is 0.923. The third kappa shape index (κ3) is 4.88. The molecule has 0 aliphatic carbocycles. The average Bonchev–Trinajstić information content (AvgIpc) is 2.61. The molecule has 0 saturated carbocycles. The summed E-state index contributed by atoms with van der Waals surface area (Å²) in [6.45, 7) is 6.60. The molecular weight excluding hydrogens is 232 g/mol. The summed E-state index contributed by atoms with van der Waals surface area (Å²) < 4.78 is 0. The van der Waals surface area contributed by atoms with E-state index in [0.717, 1.165) is 17.4 Å². The molecule has 1 rings (SSSR count). The molecule has 1 heterocycles. The lowest BCUT2D eigenvalue weighted by Gasteiger charge is -2.26. The normalized spacial score (nSPS) is 26.2. The second-order valence-corrected chi connectivity index (χ2v) is 7.13. The Morgan fingerprint density at radius 3 is 2.53 bits per heavy atom. The van der Waals surface area contributed by atoms with Crippen LogP contribution in [0.2, 0.25) is 0 Å². The van der Waals surface area contributed by atoms with Crippen LogP contribution in [0.3, 0.4) is 0 Å². The molecule has 0 aromatic heterocycles. The van der Waals surface area contributed by atoms with Crippen molar-refractivity contribution in [2.75, 3.05) is 19.8 Å². The number of hydrogen-bond donors (Lipinski definition) is 1. The number of carbonyl (C=O) groups excluding carboxylic acids is 1. The molecule has 0 bridgehead atoms. The maximum Gasteiger partial charge on any atom is 0.239 e. The van der Waals surface area contributed by atoms with Gasteiger partial charge in [0.25, 0.3) is 0 Å². The van der Waals surface area contributed by atoms with Gasteiger partial charge >= 0.3 is 0 Å². The van der Waals surface area contributed by atoms with E-state index < -0.39 is 0 Å². The minimum absolute atomic E-state index is 0.0131. The number of likely N-dealkylation sites (N-methyl/N-ethyl adjacent to an activating group) is 1. The first-order valence-corrected chi connectivity index (χ1v) is 7.53. The lowest BCUT2D eigenvalue weighted by molar-refractivity contribution is -0.131. The Labute approximate surface area is 110 Å². The highest BCUT2D eigenvalue weighted by Crippen LogP contribution is 2.26. The predicted molar refractivity (Wildman–Crippen MR) is 75.4 cm³/mol. The summed E-state index contributed by atoms with van der Waals surface area (Å²) in [5.74, 6) is 1.89. The zero-order valence-corrected chi connectivity index (χ0v) is 12.5. The molecule has 17 heavy (non-hydrogen) atoms. The number of amides is 1. The van der Waals surface area contributed by atoms with Crippen LogP contribution < -0.4 is 5.32 Å². The molecule has 0 spiro atoms. The van der Waals surface area contributed by atoms with Crippen molar-refractivity contribution < 1.29 is 4.79 Å². The molecule has 1 amide bonds. The van der Waals surface area contributed by atoms with Gasteiger partial charge in [-0.05, 0) is 18.8 Å². The van der Waals surface area contributed by atoms with E-state index in [0.29, 0.717) is 12.0 Å². The van der Waals surface area contributed by atoms with E-state index in [1.807, 2.05) is 25.9 Å². The van der Waals surface area contributed by atoms with Crippen LogP contribution in [-0.4, -0.2) is 48.0 Å². The van der Waals surface area contributed by atoms with Gasteiger partial charge in [-0.15, -0.1) is 0 Å². The van der Waals surface area contributed by atoms with Crippen LogP contribution in [0, 0.1) is 5.92 Å². The number of nitrogens with zero attached hydrogens (tertiary/aromatic N) is 1. The first kappa shape index (κ1) is 14.8. The molecular formula is C13H26N2OS. The Balaban J connectivity index is 2.54. The number of thioether (sulfide) groups is 1. The van der Waals surface area contributed by atoms with Crippen LogP contribution in [0.1, 0.15) is 33.6 Å². The van der Waals surface area contributed by atoms with Crippen LogP contribution in [-0.2, 0) is 4.79 Å². The average molecular weight is 258 g/mol. The highest BCUT2D eigenvalue weighted by atomic mass is 32.2. The molecule has 0 aromatic carbocycles. The molecule has 1 fully saturated rings. The highest BCUT2D eigenvalue weighted by Gasteiger charge is 2.28. The Hall–Kier alpha value is -0.220. The summed E-state index contributed by atoms with van der Waals surface area (Å²) in [4.78, 5) is 13.8. The van der Waals surface area contributed by atoms with Crippen LogP contribution in [0.25, 0.3) is 0 Å². The summed E-state index contributed by atoms with van der Waals surface area (Å²) in [6.07, 6.45) is 2.10. The molecule has 4 heteroatoms. The number of hydrogen-bond acceptors (Lipinski definition) is 3. The maximum atomic E-state index is 12.1. The van der Waals surface area contributed by atoms with E-state index in [9.17, 15) is 4.79 Å². The summed E-state index contributed by atoms with van der Waals surface area (Å²) in [6, 6.07) is 0.489. The van der Waals surface area contributed by atoms with Crippen molar-refractivity contribution in [2.24, 2.45) is 5.92 Å². The van der Waals surface area contributed by atoms with Crippen LogP contribution >= 0.6 is 11.8 Å². The standard InChI is InChI=1S/C13H26N2OS/c1-9(2)6-12(13(16)15(4)5)14-11-7-10(3)17-8-11/h9-12,14H,6-8H2,1-5H3. The van der Waals surface area contributed by atoms with Crippen molar-refractivity contribution in [3.63, 3.8) is 0 Å². The van der Waals surface area contributed by atoms with Crippen molar-refractivity contribution in [3.05, 3.63) is 0 Å². The molecule has 0 aromatic rings. The summed E-state index contributed by atoms with van der Waals surface area (Å²) in [7, 11) is 3.67. The monoisotopic (exact) mass is 258 g/mol. The number of rotatable bonds is 5. The van der Waals surface area contributed by atoms with Gasteiger partial charge in [0.1, 0.15) is 0 Å². The van der Waals surface area contributed by atoms with Crippen LogP contribution in [0.5, 0.6) is 0 Å². The Morgan fingerprint density at radius 2 is 2.12 bits per heavy atom. The smallest absolute Gasteiger partial charge is 0.239 e. The van der Waals surface area contributed by atoms with Crippen molar-refractivity contribution in [2.45, 2.75) is 50.9 Å². The summed E-state index contributed by atoms with van der Waals surface area (Å²) in [5, 5.41) is 4.27. The van der Waals surface area contributed by atoms with E-state index >= 15 is 0 Å². The molecule has 0 radical (unpaired) electrons. The minimum Gasteiger partial charge on any atom is -0.347 e. The topological polar surface area (TPSA) is 32.3 Å². The van der Waals surface area contributed by atoms with Crippen LogP contribution in [0.4, 0.5) is 0 Å². The van der Waals surface area contributed by atoms with Gasteiger partial charge < -0.3 is 10.2 Å². The Bertz CT molecular complexity index is 256. The molecule has 1 aliphatic heterocycles. The van der Waals surface area contributed by atoms with E-state index in [1.165, 1.54) is 6.42 Å². The molecule has 100 valence electrons. The lowest BCUT2D eigenvalue weighted by Crippen LogP contribution is -2.48. The van der Waals surface area contributed by atoms with Gasteiger partial charge in [-0.25, -0.2) is 0 Å². The zero-order valence-electron chi connectivity index (χ0n) is 11.7. The molecule has 1 N–H and O–H groups in total. The molecule has 3 nitrogen and oxygen atoms in total. The van der Waals surface area contributed by atoms with Gasteiger partial charge in [-0.3, -0.25) is 4.79 Å². The zero-order chi connectivity index (χ0) is 13.0. The fourth-order valence-electron chi connectivity index (χ4n) is 2.24. The SMILES string of the molecule is CC(C)CC(NC1CSC(C)C1)C(=O)N(C)C. The van der Waals surface area contributed by atoms with Gasteiger partial charge in [0, 0.05) is 31.1 Å². The largest absolute Gasteiger partial charge is 0.347 e. The summed E-state index contributed by atoms with van der Waals surface area (Å²) >= 11 is 2.00. The quantitative estimate of drug-likeness (QED) is 0.818. The van der Waals surface area contributed by atoms with Crippen LogP contribution in [0.15, 0.2) is 0 Å².